The van der Waals surface area contributed by atoms with E-state index in [9.17, 15) is 9.59 Å². The van der Waals surface area contributed by atoms with Crippen LogP contribution in [0.3, 0.4) is 0 Å². The maximum atomic E-state index is 12.1. The summed E-state index contributed by atoms with van der Waals surface area (Å²) in [6.07, 6.45) is 0. The Morgan fingerprint density at radius 1 is 1.09 bits per heavy atom. The Morgan fingerprint density at radius 2 is 1.83 bits per heavy atom. The van der Waals surface area contributed by atoms with E-state index < -0.39 is 11.5 Å². The summed E-state index contributed by atoms with van der Waals surface area (Å²) in [7, 11) is 1.58. The van der Waals surface area contributed by atoms with Gasteiger partial charge in [-0.1, -0.05) is 30.3 Å². The Kier molecular flexibility index (Phi) is 4.10. The summed E-state index contributed by atoms with van der Waals surface area (Å²) in [5, 5.41) is 0.781. The highest BCUT2D eigenvalue weighted by Crippen LogP contribution is 2.14. The largest absolute Gasteiger partial charge is 0.497 e. The Labute approximate surface area is 132 Å². The molecular formula is C18H15NO4. The minimum absolute atomic E-state index is 0.00258. The molecule has 0 unspecified atom stereocenters. The number of benzene rings is 2. The van der Waals surface area contributed by atoms with Crippen molar-refractivity contribution >= 4 is 16.9 Å². The summed E-state index contributed by atoms with van der Waals surface area (Å²) in [4.78, 5) is 26.8. The van der Waals surface area contributed by atoms with Crippen molar-refractivity contribution in [3.8, 4) is 5.75 Å². The number of nitrogens with one attached hydrogen (secondary N) is 1. The first-order valence-corrected chi connectivity index (χ1v) is 7.09. The molecule has 116 valence electrons. The van der Waals surface area contributed by atoms with Gasteiger partial charge in [0.1, 0.15) is 17.9 Å². The van der Waals surface area contributed by atoms with Crippen LogP contribution in [-0.2, 0) is 11.3 Å². The van der Waals surface area contributed by atoms with Crippen molar-refractivity contribution in [3.63, 3.8) is 0 Å². The predicted octanol–water partition coefficient (Wildman–Crippen LogP) is 2.89. The Hall–Kier alpha value is -3.08. The second-order valence-electron chi connectivity index (χ2n) is 5.02. The summed E-state index contributed by atoms with van der Waals surface area (Å²) >= 11 is 0. The molecule has 23 heavy (non-hydrogen) atoms. The highest BCUT2D eigenvalue weighted by Gasteiger charge is 2.13. The van der Waals surface area contributed by atoms with Gasteiger partial charge in [0.15, 0.2) is 0 Å². The summed E-state index contributed by atoms with van der Waals surface area (Å²) in [6, 6.07) is 16.0. The van der Waals surface area contributed by atoms with Gasteiger partial charge in [0.2, 0.25) is 0 Å². The third-order valence-electron chi connectivity index (χ3n) is 3.50. The van der Waals surface area contributed by atoms with Crippen LogP contribution in [0.15, 0.2) is 59.4 Å². The van der Waals surface area contributed by atoms with Gasteiger partial charge in [-0.05, 0) is 35.2 Å². The molecule has 0 aliphatic rings. The number of esters is 1. The van der Waals surface area contributed by atoms with E-state index >= 15 is 0 Å². The molecule has 0 saturated carbocycles. The molecule has 0 radical (unpaired) electrons. The number of rotatable bonds is 4. The Bertz CT molecular complexity index is 897. The number of H-pyrrole nitrogens is 1. The number of hydrogen-bond donors (Lipinski definition) is 1. The average Bonchev–Trinajstić information content (AvgIpc) is 2.59. The van der Waals surface area contributed by atoms with Crippen LogP contribution in [0.5, 0.6) is 5.75 Å². The molecule has 5 nitrogen and oxygen atoms in total. The molecule has 0 bridgehead atoms. The van der Waals surface area contributed by atoms with Gasteiger partial charge in [0.05, 0.1) is 7.11 Å². The van der Waals surface area contributed by atoms with Crippen LogP contribution < -0.4 is 10.3 Å². The number of carbonyl (C=O) groups excluding carboxylic acids is 1. The lowest BCUT2D eigenvalue weighted by Gasteiger charge is -2.06. The van der Waals surface area contributed by atoms with E-state index in [0.29, 0.717) is 5.52 Å². The number of fused-ring (bicyclic) bond motifs is 1. The zero-order chi connectivity index (χ0) is 16.2. The van der Waals surface area contributed by atoms with Gasteiger partial charge in [-0.2, -0.15) is 0 Å². The van der Waals surface area contributed by atoms with Gasteiger partial charge in [-0.15, -0.1) is 0 Å². The monoisotopic (exact) mass is 309 g/mol. The fourth-order valence-electron chi connectivity index (χ4n) is 2.25. The summed E-state index contributed by atoms with van der Waals surface area (Å²) in [6.45, 7) is 0.0924. The lowest BCUT2D eigenvalue weighted by atomic mass is 10.1. The SMILES string of the molecule is COc1ccc(COC(=O)c2cc3ccccc3[nH]c2=O)cc1. The van der Waals surface area contributed by atoms with Crippen molar-refractivity contribution in [1.82, 2.24) is 4.98 Å². The molecule has 0 amide bonds. The van der Waals surface area contributed by atoms with Gasteiger partial charge in [-0.3, -0.25) is 4.79 Å². The van der Waals surface area contributed by atoms with Crippen LogP contribution in [0.1, 0.15) is 15.9 Å². The molecule has 3 aromatic rings. The fraction of sp³-hybridized carbons (Fsp3) is 0.111. The van der Waals surface area contributed by atoms with E-state index in [1.54, 1.807) is 43.5 Å². The fourth-order valence-corrected chi connectivity index (χ4v) is 2.25. The Balaban J connectivity index is 1.77. The number of ether oxygens (including phenoxy) is 2. The second kappa shape index (κ2) is 6.36. The molecule has 0 atom stereocenters. The zero-order valence-corrected chi connectivity index (χ0v) is 12.5. The lowest BCUT2D eigenvalue weighted by molar-refractivity contribution is 0.0471. The van der Waals surface area contributed by atoms with Gasteiger partial charge in [0, 0.05) is 5.52 Å². The first kappa shape index (κ1) is 14.8. The van der Waals surface area contributed by atoms with E-state index in [2.05, 4.69) is 4.98 Å². The second-order valence-corrected chi connectivity index (χ2v) is 5.02. The highest BCUT2D eigenvalue weighted by atomic mass is 16.5. The minimum atomic E-state index is -0.646. The molecule has 3 rings (SSSR count). The molecule has 1 N–H and O–H groups in total. The van der Waals surface area contributed by atoms with Crippen LogP contribution in [0, 0.1) is 0 Å². The molecule has 2 aromatic carbocycles. The number of pyridine rings is 1. The number of carbonyl (C=O) groups is 1. The first-order chi connectivity index (χ1) is 11.2. The van der Waals surface area contributed by atoms with Gasteiger partial charge in [0.25, 0.3) is 5.56 Å². The van der Waals surface area contributed by atoms with Crippen LogP contribution >= 0.6 is 0 Å². The van der Waals surface area contributed by atoms with Gasteiger partial charge in [-0.25, -0.2) is 4.79 Å². The smallest absolute Gasteiger partial charge is 0.344 e. The summed E-state index contributed by atoms with van der Waals surface area (Å²) < 4.78 is 10.3. The molecule has 0 aliphatic carbocycles. The maximum Gasteiger partial charge on any atom is 0.344 e. The van der Waals surface area contributed by atoms with Gasteiger partial charge < -0.3 is 14.5 Å². The minimum Gasteiger partial charge on any atom is -0.497 e. The van der Waals surface area contributed by atoms with Crippen molar-refractivity contribution in [2.75, 3.05) is 7.11 Å². The summed E-state index contributed by atoms with van der Waals surface area (Å²) in [5.41, 5.74) is 1.04. The van der Waals surface area contributed by atoms with E-state index in [1.807, 2.05) is 18.2 Å². The molecule has 1 aromatic heterocycles. The van der Waals surface area contributed by atoms with Gasteiger partial charge >= 0.3 is 5.97 Å². The van der Waals surface area contributed by atoms with Crippen LogP contribution in [-0.4, -0.2) is 18.1 Å². The quantitative estimate of drug-likeness (QED) is 0.752. The van der Waals surface area contributed by atoms with Crippen molar-refractivity contribution in [1.29, 1.82) is 0 Å². The molecule has 0 fully saturated rings. The molecule has 1 heterocycles. The predicted molar refractivity (Wildman–Crippen MR) is 86.7 cm³/mol. The molecule has 0 spiro atoms. The highest BCUT2D eigenvalue weighted by molar-refractivity contribution is 5.93. The number of para-hydroxylation sites is 1. The standard InChI is InChI=1S/C18H15NO4/c1-22-14-8-6-12(7-9-14)11-23-18(21)15-10-13-4-2-3-5-16(13)19-17(15)20/h2-10H,11H2,1H3,(H,19,20). The van der Waals surface area contributed by atoms with Crippen LogP contribution in [0.4, 0.5) is 0 Å². The first-order valence-electron chi connectivity index (χ1n) is 7.09. The number of methoxy groups -OCH3 is 1. The van der Waals surface area contributed by atoms with Crippen molar-refractivity contribution < 1.29 is 14.3 Å². The van der Waals surface area contributed by atoms with E-state index in [0.717, 1.165) is 16.7 Å². The van der Waals surface area contributed by atoms with Crippen molar-refractivity contribution in [2.45, 2.75) is 6.61 Å². The number of hydrogen-bond acceptors (Lipinski definition) is 4. The average molecular weight is 309 g/mol. The number of aromatic nitrogens is 1. The maximum absolute atomic E-state index is 12.1. The molecule has 0 aliphatic heterocycles. The van der Waals surface area contributed by atoms with E-state index in [1.165, 1.54) is 0 Å². The molecule has 0 saturated heterocycles. The third-order valence-corrected chi connectivity index (χ3v) is 3.50. The topological polar surface area (TPSA) is 68.4 Å². The Morgan fingerprint density at radius 3 is 2.57 bits per heavy atom. The van der Waals surface area contributed by atoms with E-state index in [4.69, 9.17) is 9.47 Å². The normalized spacial score (nSPS) is 10.5. The summed E-state index contributed by atoms with van der Waals surface area (Å²) in [5.74, 6) is 0.0823. The zero-order valence-electron chi connectivity index (χ0n) is 12.5. The van der Waals surface area contributed by atoms with Crippen molar-refractivity contribution in [2.24, 2.45) is 0 Å². The third kappa shape index (κ3) is 3.23. The van der Waals surface area contributed by atoms with Crippen LogP contribution in [0.2, 0.25) is 0 Å². The molecule has 5 heteroatoms. The van der Waals surface area contributed by atoms with Crippen molar-refractivity contribution in [3.05, 3.63) is 76.1 Å². The number of aromatic amines is 1. The van der Waals surface area contributed by atoms with Crippen LogP contribution in [0.25, 0.3) is 10.9 Å². The lowest BCUT2D eigenvalue weighted by Crippen LogP contribution is -2.19. The van der Waals surface area contributed by atoms with E-state index in [-0.39, 0.29) is 12.2 Å². The molecular weight excluding hydrogens is 294 g/mol.